The average molecular weight is 509 g/mol. The first kappa shape index (κ1) is 27.6. The maximum absolute atomic E-state index is 13.8. The molecule has 0 saturated carbocycles. The van der Waals surface area contributed by atoms with E-state index in [9.17, 15) is 23.1 Å². The molecular formula is C26H35F3N4O3. The Hall–Kier alpha value is -2.98. The lowest BCUT2D eigenvalue weighted by molar-refractivity contribution is -0.161. The Morgan fingerprint density at radius 3 is 2.25 bits per heavy atom. The fourth-order valence-electron chi connectivity index (χ4n) is 4.10. The van der Waals surface area contributed by atoms with Gasteiger partial charge in [-0.1, -0.05) is 26.0 Å². The summed E-state index contributed by atoms with van der Waals surface area (Å²) in [5.74, 6) is -0.606. The number of alkyl halides is 3. The summed E-state index contributed by atoms with van der Waals surface area (Å²) in [6.07, 6.45) is -4.37. The molecule has 7 nitrogen and oxygen atoms in total. The van der Waals surface area contributed by atoms with Crippen LogP contribution in [0.2, 0.25) is 0 Å². The van der Waals surface area contributed by atoms with Crippen molar-refractivity contribution in [2.45, 2.75) is 38.5 Å². The number of benzene rings is 2. The highest BCUT2D eigenvalue weighted by molar-refractivity contribution is 5.81. The molecule has 198 valence electrons. The maximum atomic E-state index is 13.8. The van der Waals surface area contributed by atoms with E-state index in [1.165, 1.54) is 24.3 Å². The van der Waals surface area contributed by atoms with Crippen LogP contribution in [0.4, 0.5) is 24.5 Å². The Kier molecular flexibility index (Phi) is 9.83. The summed E-state index contributed by atoms with van der Waals surface area (Å²) in [5, 5.41) is 17.9. The third-order valence-electron chi connectivity index (χ3n) is 5.94. The minimum absolute atomic E-state index is 0.00468. The largest absolute Gasteiger partial charge is 0.508 e. The molecule has 2 unspecified atom stereocenters. The summed E-state index contributed by atoms with van der Waals surface area (Å²) < 4.78 is 46.9. The van der Waals surface area contributed by atoms with Crippen LogP contribution in [0.3, 0.4) is 0 Å². The van der Waals surface area contributed by atoms with E-state index in [1.807, 2.05) is 38.1 Å². The number of phenols is 1. The van der Waals surface area contributed by atoms with E-state index in [4.69, 9.17) is 4.74 Å². The van der Waals surface area contributed by atoms with Crippen molar-refractivity contribution in [3.05, 3.63) is 54.1 Å². The number of rotatable bonds is 11. The molecule has 4 N–H and O–H groups in total. The normalized spacial score (nSPS) is 16.0. The highest BCUT2D eigenvalue weighted by Gasteiger charge is 2.42. The molecule has 1 fully saturated rings. The number of ether oxygens (including phenoxy) is 1. The van der Waals surface area contributed by atoms with Gasteiger partial charge in [0.25, 0.3) is 0 Å². The first-order chi connectivity index (χ1) is 17.1. The van der Waals surface area contributed by atoms with Gasteiger partial charge in [-0.15, -0.1) is 0 Å². The standard InChI is InChI=1S/C26H35F3N4O3/c1-18(2)17-23(32-24(26(27,28)29)19-3-9-22(34)10-4-19)25(35)31-12-11-30-20-5-7-21(8-6-20)33-13-15-36-16-14-33/h3-10,18,23-24,30,32,34H,11-17H2,1-2H3,(H,31,35). The number of carbonyl (C=O) groups excluding carboxylic acids is 1. The highest BCUT2D eigenvalue weighted by Crippen LogP contribution is 2.34. The molecule has 0 spiro atoms. The van der Waals surface area contributed by atoms with E-state index >= 15 is 0 Å². The van der Waals surface area contributed by atoms with Crippen molar-refractivity contribution < 1.29 is 27.8 Å². The lowest BCUT2D eigenvalue weighted by Gasteiger charge is -2.29. The Balaban J connectivity index is 1.54. The molecule has 2 aromatic carbocycles. The van der Waals surface area contributed by atoms with Crippen LogP contribution in [0.1, 0.15) is 31.9 Å². The minimum atomic E-state index is -4.61. The first-order valence-electron chi connectivity index (χ1n) is 12.2. The molecule has 0 radical (unpaired) electrons. The molecule has 36 heavy (non-hydrogen) atoms. The average Bonchev–Trinajstić information content (AvgIpc) is 2.85. The third kappa shape index (κ3) is 8.30. The van der Waals surface area contributed by atoms with Gasteiger partial charge in [-0.3, -0.25) is 10.1 Å². The summed E-state index contributed by atoms with van der Waals surface area (Å²) in [6.45, 7) is 7.53. The van der Waals surface area contributed by atoms with Crippen molar-refractivity contribution >= 4 is 17.3 Å². The van der Waals surface area contributed by atoms with Crippen LogP contribution >= 0.6 is 0 Å². The summed E-state index contributed by atoms with van der Waals surface area (Å²) in [6, 6.07) is 9.72. The molecule has 0 aliphatic carbocycles. The Morgan fingerprint density at radius 2 is 1.67 bits per heavy atom. The monoisotopic (exact) mass is 508 g/mol. The highest BCUT2D eigenvalue weighted by atomic mass is 19.4. The Morgan fingerprint density at radius 1 is 1.03 bits per heavy atom. The molecule has 2 atom stereocenters. The van der Waals surface area contributed by atoms with Gasteiger partial charge in [0.05, 0.1) is 19.3 Å². The summed E-state index contributed by atoms with van der Waals surface area (Å²) in [7, 11) is 0. The van der Waals surface area contributed by atoms with Crippen LogP contribution in [-0.4, -0.2) is 62.6 Å². The Bertz CT molecular complexity index is 946. The molecule has 1 aliphatic rings. The molecule has 1 amide bonds. The van der Waals surface area contributed by atoms with Gasteiger partial charge < -0.3 is 25.4 Å². The molecule has 1 aliphatic heterocycles. The van der Waals surface area contributed by atoms with Crippen LogP contribution in [0.25, 0.3) is 0 Å². The third-order valence-corrected chi connectivity index (χ3v) is 5.94. The zero-order chi connectivity index (χ0) is 26.1. The molecule has 0 bridgehead atoms. The maximum Gasteiger partial charge on any atom is 0.407 e. The number of nitrogens with zero attached hydrogens (tertiary/aromatic N) is 1. The van der Waals surface area contributed by atoms with Gasteiger partial charge in [0.1, 0.15) is 11.8 Å². The van der Waals surface area contributed by atoms with Crippen molar-refractivity contribution in [2.24, 2.45) is 5.92 Å². The number of morpholine rings is 1. The zero-order valence-corrected chi connectivity index (χ0v) is 20.6. The van der Waals surface area contributed by atoms with Gasteiger partial charge in [0.15, 0.2) is 0 Å². The summed E-state index contributed by atoms with van der Waals surface area (Å²) >= 11 is 0. The number of phenolic OH excluding ortho intramolecular Hbond substituents is 1. The predicted octanol–water partition coefficient (Wildman–Crippen LogP) is 4.06. The molecular weight excluding hydrogens is 473 g/mol. The lowest BCUT2D eigenvalue weighted by atomic mass is 9.99. The number of halogens is 3. The molecule has 1 heterocycles. The van der Waals surface area contributed by atoms with Gasteiger partial charge in [-0.05, 0) is 54.3 Å². The van der Waals surface area contributed by atoms with E-state index in [2.05, 4.69) is 20.9 Å². The number of nitrogens with one attached hydrogen (secondary N) is 3. The number of carbonyl (C=O) groups is 1. The van der Waals surface area contributed by atoms with Gasteiger partial charge >= 0.3 is 6.18 Å². The number of aromatic hydroxyl groups is 1. The lowest BCUT2D eigenvalue weighted by Crippen LogP contribution is -2.50. The van der Waals surface area contributed by atoms with Crippen molar-refractivity contribution in [2.75, 3.05) is 49.6 Å². The van der Waals surface area contributed by atoms with Gasteiger partial charge in [-0.25, -0.2) is 0 Å². The van der Waals surface area contributed by atoms with Crippen LogP contribution in [0, 0.1) is 5.92 Å². The zero-order valence-electron chi connectivity index (χ0n) is 20.6. The SMILES string of the molecule is CC(C)CC(NC(c1ccc(O)cc1)C(F)(F)F)C(=O)NCCNc1ccc(N2CCOCC2)cc1. The smallest absolute Gasteiger partial charge is 0.407 e. The fourth-order valence-corrected chi connectivity index (χ4v) is 4.10. The van der Waals surface area contributed by atoms with E-state index < -0.39 is 24.2 Å². The molecule has 1 saturated heterocycles. The van der Waals surface area contributed by atoms with Gasteiger partial charge in [0.2, 0.25) is 5.91 Å². The molecule has 2 aromatic rings. The van der Waals surface area contributed by atoms with Crippen LogP contribution in [0.15, 0.2) is 48.5 Å². The van der Waals surface area contributed by atoms with Gasteiger partial charge in [0, 0.05) is 37.6 Å². The molecule has 3 rings (SSSR count). The van der Waals surface area contributed by atoms with E-state index in [1.54, 1.807) is 0 Å². The van der Waals surface area contributed by atoms with Crippen molar-refractivity contribution in [3.63, 3.8) is 0 Å². The quantitative estimate of drug-likeness (QED) is 0.343. The second kappa shape index (κ2) is 12.8. The number of amides is 1. The van der Waals surface area contributed by atoms with Gasteiger partial charge in [-0.2, -0.15) is 13.2 Å². The van der Waals surface area contributed by atoms with Crippen molar-refractivity contribution in [1.29, 1.82) is 0 Å². The summed E-state index contributed by atoms with van der Waals surface area (Å²) in [4.78, 5) is 15.1. The fraction of sp³-hybridized carbons (Fsp3) is 0.500. The van der Waals surface area contributed by atoms with Crippen LogP contribution < -0.4 is 20.9 Å². The minimum Gasteiger partial charge on any atom is -0.508 e. The topological polar surface area (TPSA) is 85.9 Å². The van der Waals surface area contributed by atoms with Crippen LogP contribution in [0.5, 0.6) is 5.75 Å². The molecule has 0 aromatic heterocycles. The van der Waals surface area contributed by atoms with Crippen molar-refractivity contribution in [3.8, 4) is 5.75 Å². The van der Waals surface area contributed by atoms with E-state index in [0.717, 1.165) is 24.5 Å². The van der Waals surface area contributed by atoms with Crippen molar-refractivity contribution in [1.82, 2.24) is 10.6 Å². The van der Waals surface area contributed by atoms with Crippen LogP contribution in [-0.2, 0) is 9.53 Å². The van der Waals surface area contributed by atoms with E-state index in [0.29, 0.717) is 19.8 Å². The van der Waals surface area contributed by atoms with E-state index in [-0.39, 0.29) is 30.2 Å². The second-order valence-electron chi connectivity index (χ2n) is 9.28. The predicted molar refractivity (Wildman–Crippen MR) is 134 cm³/mol. The Labute approximate surface area is 210 Å². The molecule has 10 heteroatoms. The number of hydrogen-bond donors (Lipinski definition) is 4. The first-order valence-corrected chi connectivity index (χ1v) is 12.2. The summed E-state index contributed by atoms with van der Waals surface area (Å²) in [5.41, 5.74) is 1.94. The number of hydrogen-bond acceptors (Lipinski definition) is 6. The number of anilines is 2. The second-order valence-corrected chi connectivity index (χ2v) is 9.28.